The molecule has 5 nitrogen and oxygen atoms in total. The van der Waals surface area contributed by atoms with Crippen LogP contribution in [0.1, 0.15) is 12.6 Å². The molecular formula is C11H18N4OS. The number of methoxy groups -OCH3 is 1. The van der Waals surface area contributed by atoms with Gasteiger partial charge in [0.15, 0.2) is 10.4 Å². The van der Waals surface area contributed by atoms with E-state index in [4.69, 9.17) is 17.0 Å². The predicted octanol–water partition coefficient (Wildman–Crippen LogP) is 2.02. The van der Waals surface area contributed by atoms with Crippen molar-refractivity contribution in [1.29, 1.82) is 0 Å². The van der Waals surface area contributed by atoms with Gasteiger partial charge in [0.25, 0.3) is 0 Å². The zero-order valence-electron chi connectivity index (χ0n) is 10.6. The number of aryl methyl sites for hydroxylation is 2. The molecule has 17 heavy (non-hydrogen) atoms. The molecule has 2 heterocycles. The van der Waals surface area contributed by atoms with Gasteiger partial charge in [-0.2, -0.15) is 5.10 Å². The Bertz CT molecular complexity index is 580. The molecule has 2 aromatic rings. The minimum absolute atomic E-state index is 0.418. The first-order chi connectivity index (χ1) is 8.04. The summed E-state index contributed by atoms with van der Waals surface area (Å²) in [6.07, 6.45) is 0. The molecule has 0 saturated carbocycles. The maximum atomic E-state index is 5.35. The molecule has 0 radical (unpaired) electrons. The molecule has 1 N–H and O–H groups in total. The Labute approximate surface area is 105 Å². The van der Waals surface area contributed by atoms with Crippen molar-refractivity contribution in [2.45, 2.75) is 20.4 Å². The summed E-state index contributed by atoms with van der Waals surface area (Å²) in [5.41, 5.74) is 3.06. The Morgan fingerprint density at radius 1 is 1.53 bits per heavy atom. The second-order valence-electron chi connectivity index (χ2n) is 4.51. The third-order valence-corrected chi connectivity index (χ3v) is 3.19. The summed E-state index contributed by atoms with van der Waals surface area (Å²) in [6, 6.07) is 0. The predicted molar refractivity (Wildman–Crippen MR) is 69.7 cm³/mol. The molecule has 94 valence electrons. The number of aromatic amines is 1. The van der Waals surface area contributed by atoms with E-state index in [-0.39, 0.29) is 0 Å². The number of imidazole rings is 1. The lowest BCUT2D eigenvalue weighted by Crippen LogP contribution is -2.14. The summed E-state index contributed by atoms with van der Waals surface area (Å²) < 4.78 is 9.87. The van der Waals surface area contributed by atoms with Crippen molar-refractivity contribution in [3.63, 3.8) is 0 Å². The maximum Gasteiger partial charge on any atom is 0.179 e. The lowest BCUT2D eigenvalue weighted by Gasteiger charge is -2.11. The van der Waals surface area contributed by atoms with Gasteiger partial charge < -0.3 is 14.3 Å². The second-order valence-corrected chi connectivity index (χ2v) is 4.90. The quantitative estimate of drug-likeness (QED) is 0.849. The number of hydrogen-bond acceptors (Lipinski definition) is 3. The van der Waals surface area contributed by atoms with Gasteiger partial charge in [-0.3, -0.25) is 4.68 Å². The fourth-order valence-electron chi connectivity index (χ4n) is 2.19. The molecule has 0 spiro atoms. The fraction of sp³-hybridized carbons (Fsp3) is 0.636. The van der Waals surface area contributed by atoms with Gasteiger partial charge in [-0.05, 0) is 25.1 Å². The summed E-state index contributed by atoms with van der Waals surface area (Å²) in [5.74, 6) is 0.418. The van der Waals surface area contributed by atoms with E-state index in [0.717, 1.165) is 34.8 Å². The summed E-state index contributed by atoms with van der Waals surface area (Å²) >= 11 is 5.35. The van der Waals surface area contributed by atoms with Crippen LogP contribution in [0.5, 0.6) is 0 Å². The summed E-state index contributed by atoms with van der Waals surface area (Å²) in [6.45, 7) is 5.70. The molecule has 0 bridgehead atoms. The van der Waals surface area contributed by atoms with Crippen LogP contribution >= 0.6 is 12.2 Å². The highest BCUT2D eigenvalue weighted by Crippen LogP contribution is 2.18. The molecule has 6 heteroatoms. The van der Waals surface area contributed by atoms with Crippen molar-refractivity contribution in [1.82, 2.24) is 19.3 Å². The Morgan fingerprint density at radius 2 is 2.24 bits per heavy atom. The minimum atomic E-state index is 0.418. The Hall–Kier alpha value is -1.14. The third kappa shape index (κ3) is 2.14. The molecule has 0 aliphatic heterocycles. The molecule has 2 aromatic heterocycles. The molecule has 0 saturated heterocycles. The van der Waals surface area contributed by atoms with Crippen LogP contribution in [0.15, 0.2) is 0 Å². The molecule has 0 fully saturated rings. The molecule has 0 aromatic carbocycles. The SMILES string of the molecule is COCC(C)Cn1c(=S)[nH]c2c(C)nn(C)c21. The molecule has 0 aliphatic carbocycles. The number of rotatable bonds is 4. The average molecular weight is 254 g/mol. The van der Waals surface area contributed by atoms with Gasteiger partial charge in [0.1, 0.15) is 5.52 Å². The van der Waals surface area contributed by atoms with Gasteiger partial charge >= 0.3 is 0 Å². The monoisotopic (exact) mass is 254 g/mol. The van der Waals surface area contributed by atoms with Crippen molar-refractivity contribution in [3.05, 3.63) is 10.5 Å². The standard InChI is InChI=1S/C11H18N4OS/c1-7(6-16-4)5-15-10-9(12-11(15)17)8(2)13-14(10)3/h7H,5-6H2,1-4H3,(H,12,17). The normalized spacial score (nSPS) is 13.4. The summed E-state index contributed by atoms with van der Waals surface area (Å²) in [4.78, 5) is 3.22. The fourth-order valence-corrected chi connectivity index (χ4v) is 2.45. The lowest BCUT2D eigenvalue weighted by atomic mass is 10.2. The molecule has 0 amide bonds. The van der Waals surface area contributed by atoms with E-state index in [1.54, 1.807) is 7.11 Å². The Balaban J connectivity index is 2.46. The van der Waals surface area contributed by atoms with E-state index in [0.29, 0.717) is 5.92 Å². The highest BCUT2D eigenvalue weighted by atomic mass is 32.1. The van der Waals surface area contributed by atoms with E-state index in [9.17, 15) is 0 Å². The van der Waals surface area contributed by atoms with Gasteiger partial charge in [0, 0.05) is 20.7 Å². The summed E-state index contributed by atoms with van der Waals surface area (Å²) in [7, 11) is 3.66. The average Bonchev–Trinajstić information content (AvgIpc) is 2.69. The van der Waals surface area contributed by atoms with Crippen molar-refractivity contribution >= 4 is 23.4 Å². The Morgan fingerprint density at radius 3 is 2.88 bits per heavy atom. The van der Waals surface area contributed by atoms with Crippen molar-refractivity contribution < 1.29 is 4.74 Å². The van der Waals surface area contributed by atoms with Gasteiger partial charge in [-0.25, -0.2) is 0 Å². The van der Waals surface area contributed by atoms with Gasteiger partial charge in [0.2, 0.25) is 0 Å². The van der Waals surface area contributed by atoms with Crippen LogP contribution in [0.25, 0.3) is 11.2 Å². The van der Waals surface area contributed by atoms with Crippen LogP contribution in [0.3, 0.4) is 0 Å². The first-order valence-corrected chi connectivity index (χ1v) is 6.06. The van der Waals surface area contributed by atoms with E-state index in [1.807, 2.05) is 18.7 Å². The molecular weight excluding hydrogens is 236 g/mol. The third-order valence-electron chi connectivity index (χ3n) is 2.87. The first kappa shape index (κ1) is 12.3. The number of nitrogens with one attached hydrogen (secondary N) is 1. The highest BCUT2D eigenvalue weighted by molar-refractivity contribution is 7.71. The Kier molecular flexibility index (Phi) is 3.35. The van der Waals surface area contributed by atoms with Crippen LogP contribution < -0.4 is 0 Å². The van der Waals surface area contributed by atoms with Crippen molar-refractivity contribution in [2.75, 3.05) is 13.7 Å². The lowest BCUT2D eigenvalue weighted by molar-refractivity contribution is 0.151. The molecule has 2 rings (SSSR count). The van der Waals surface area contributed by atoms with Gasteiger partial charge in [0.05, 0.1) is 12.3 Å². The van der Waals surface area contributed by atoms with Crippen molar-refractivity contribution in [2.24, 2.45) is 13.0 Å². The minimum Gasteiger partial charge on any atom is -0.384 e. The number of ether oxygens (including phenoxy) is 1. The summed E-state index contributed by atoms with van der Waals surface area (Å²) in [5, 5.41) is 4.39. The number of hydrogen-bond donors (Lipinski definition) is 1. The van der Waals surface area contributed by atoms with E-state index in [2.05, 4.69) is 21.6 Å². The largest absolute Gasteiger partial charge is 0.384 e. The van der Waals surface area contributed by atoms with E-state index in [1.165, 1.54) is 0 Å². The maximum absolute atomic E-state index is 5.35. The van der Waals surface area contributed by atoms with Gasteiger partial charge in [-0.15, -0.1) is 0 Å². The number of fused-ring (bicyclic) bond motifs is 1. The van der Waals surface area contributed by atoms with Crippen molar-refractivity contribution in [3.8, 4) is 0 Å². The second kappa shape index (κ2) is 4.62. The highest BCUT2D eigenvalue weighted by Gasteiger charge is 2.14. The zero-order valence-corrected chi connectivity index (χ0v) is 11.5. The number of aromatic nitrogens is 4. The molecule has 1 unspecified atom stereocenters. The number of H-pyrrole nitrogens is 1. The molecule has 1 atom stereocenters. The van der Waals surface area contributed by atoms with Crippen LogP contribution in [0.4, 0.5) is 0 Å². The van der Waals surface area contributed by atoms with Crippen LogP contribution in [0, 0.1) is 17.6 Å². The van der Waals surface area contributed by atoms with E-state index < -0.39 is 0 Å². The van der Waals surface area contributed by atoms with Crippen LogP contribution in [-0.2, 0) is 18.3 Å². The van der Waals surface area contributed by atoms with Crippen LogP contribution in [0.2, 0.25) is 0 Å². The van der Waals surface area contributed by atoms with Gasteiger partial charge in [-0.1, -0.05) is 6.92 Å². The topological polar surface area (TPSA) is 47.8 Å². The molecule has 0 aliphatic rings. The smallest absolute Gasteiger partial charge is 0.179 e. The number of nitrogens with zero attached hydrogens (tertiary/aromatic N) is 3. The van der Waals surface area contributed by atoms with E-state index >= 15 is 0 Å². The van der Waals surface area contributed by atoms with Crippen LogP contribution in [-0.4, -0.2) is 33.0 Å². The zero-order chi connectivity index (χ0) is 12.6. The first-order valence-electron chi connectivity index (χ1n) is 5.65.